The van der Waals surface area contributed by atoms with Gasteiger partial charge in [-0.3, -0.25) is 9.59 Å². The zero-order valence-electron chi connectivity index (χ0n) is 20.0. The van der Waals surface area contributed by atoms with Crippen molar-refractivity contribution in [1.29, 1.82) is 0 Å². The van der Waals surface area contributed by atoms with Crippen LogP contribution in [0.25, 0.3) is 33.1 Å². The number of rotatable bonds is 5. The quantitative estimate of drug-likeness (QED) is 0.260. The Kier molecular flexibility index (Phi) is 5.73. The number of hydrogen-bond acceptors (Lipinski definition) is 4. The molecular weight excluding hydrogens is 436 g/mol. The molecule has 0 saturated carbocycles. The average molecular weight is 463 g/mol. The molecular formula is C31H26O4. The molecule has 0 bridgehead atoms. The fourth-order valence-electron chi connectivity index (χ4n) is 4.25. The number of carbonyl (C=O) groups excluding carboxylic acids is 1. The van der Waals surface area contributed by atoms with E-state index in [0.717, 1.165) is 16.3 Å². The van der Waals surface area contributed by atoms with Crippen LogP contribution in [0.2, 0.25) is 0 Å². The van der Waals surface area contributed by atoms with E-state index in [4.69, 9.17) is 9.15 Å². The summed E-state index contributed by atoms with van der Waals surface area (Å²) < 4.78 is 12.1. The molecule has 5 aromatic rings. The summed E-state index contributed by atoms with van der Waals surface area (Å²) in [5.41, 5.74) is 2.61. The van der Waals surface area contributed by atoms with E-state index in [-0.39, 0.29) is 29.0 Å². The van der Waals surface area contributed by atoms with Gasteiger partial charge in [-0.25, -0.2) is 0 Å². The number of carbonyl (C=O) groups is 1. The molecule has 4 nitrogen and oxygen atoms in total. The van der Waals surface area contributed by atoms with Gasteiger partial charge in [0.1, 0.15) is 5.58 Å². The van der Waals surface area contributed by atoms with Gasteiger partial charge in [-0.15, -0.1) is 0 Å². The molecule has 1 aromatic heterocycles. The fraction of sp³-hybridized carbons (Fsp3) is 0.161. The van der Waals surface area contributed by atoms with Gasteiger partial charge in [0.25, 0.3) is 0 Å². The van der Waals surface area contributed by atoms with E-state index in [1.165, 1.54) is 0 Å². The van der Waals surface area contributed by atoms with Crippen molar-refractivity contribution in [2.24, 2.45) is 0 Å². The van der Waals surface area contributed by atoms with Crippen molar-refractivity contribution in [2.45, 2.75) is 26.2 Å². The summed E-state index contributed by atoms with van der Waals surface area (Å²) in [5, 5.41) is 2.24. The summed E-state index contributed by atoms with van der Waals surface area (Å²) in [6.45, 7) is 6.16. The van der Waals surface area contributed by atoms with Crippen LogP contribution >= 0.6 is 0 Å². The second kappa shape index (κ2) is 8.88. The average Bonchev–Trinajstić information content (AvgIpc) is 2.87. The molecule has 4 heteroatoms. The van der Waals surface area contributed by atoms with Gasteiger partial charge in [-0.05, 0) is 33.9 Å². The van der Waals surface area contributed by atoms with Crippen LogP contribution in [0.15, 0.2) is 100 Å². The molecule has 0 radical (unpaired) electrons. The second-order valence-electron chi connectivity index (χ2n) is 9.65. The number of para-hydroxylation sites is 1. The first-order valence-electron chi connectivity index (χ1n) is 11.6. The molecule has 0 saturated heterocycles. The highest BCUT2D eigenvalue weighted by atomic mass is 16.5. The normalized spacial score (nSPS) is 11.6. The van der Waals surface area contributed by atoms with Crippen LogP contribution in [0.5, 0.6) is 5.75 Å². The summed E-state index contributed by atoms with van der Waals surface area (Å²) in [7, 11) is 0. The van der Waals surface area contributed by atoms with E-state index in [2.05, 4.69) is 20.8 Å². The molecule has 5 rings (SSSR count). The molecule has 174 valence electrons. The van der Waals surface area contributed by atoms with Gasteiger partial charge in [0.2, 0.25) is 17.0 Å². The molecule has 35 heavy (non-hydrogen) atoms. The Morgan fingerprint density at radius 3 is 2.20 bits per heavy atom. The van der Waals surface area contributed by atoms with Crippen molar-refractivity contribution < 1.29 is 13.9 Å². The van der Waals surface area contributed by atoms with Gasteiger partial charge < -0.3 is 9.15 Å². The van der Waals surface area contributed by atoms with Gasteiger partial charge in [0.05, 0.1) is 5.39 Å². The van der Waals surface area contributed by atoms with Gasteiger partial charge >= 0.3 is 0 Å². The molecule has 0 atom stereocenters. The highest BCUT2D eigenvalue weighted by Crippen LogP contribution is 2.33. The van der Waals surface area contributed by atoms with Crippen molar-refractivity contribution in [2.75, 3.05) is 6.61 Å². The smallest absolute Gasteiger partial charge is 0.235 e. The fourth-order valence-corrected chi connectivity index (χ4v) is 4.25. The third-order valence-electron chi connectivity index (χ3n) is 6.21. The lowest BCUT2D eigenvalue weighted by Crippen LogP contribution is -2.17. The molecule has 0 aliphatic carbocycles. The molecule has 0 amide bonds. The number of ether oxygens (including phenoxy) is 1. The predicted octanol–water partition coefficient (Wildman–Crippen LogP) is 7.17. The third-order valence-corrected chi connectivity index (χ3v) is 6.21. The Hall–Kier alpha value is -4.18. The van der Waals surface area contributed by atoms with Crippen LogP contribution in [0, 0.1) is 0 Å². The van der Waals surface area contributed by atoms with Crippen molar-refractivity contribution in [3.63, 3.8) is 0 Å². The summed E-state index contributed by atoms with van der Waals surface area (Å²) in [6.07, 6.45) is 0. The lowest BCUT2D eigenvalue weighted by atomic mass is 9.86. The van der Waals surface area contributed by atoms with Crippen LogP contribution in [0.3, 0.4) is 0 Å². The van der Waals surface area contributed by atoms with E-state index in [1.807, 2.05) is 66.7 Å². The lowest BCUT2D eigenvalue weighted by Gasteiger charge is -2.19. The maximum Gasteiger partial charge on any atom is 0.235 e. The summed E-state index contributed by atoms with van der Waals surface area (Å²) >= 11 is 0. The molecule has 4 aromatic carbocycles. The number of ketones is 1. The van der Waals surface area contributed by atoms with Crippen molar-refractivity contribution in [3.8, 4) is 17.1 Å². The third kappa shape index (κ3) is 4.35. The second-order valence-corrected chi connectivity index (χ2v) is 9.65. The zero-order valence-corrected chi connectivity index (χ0v) is 20.0. The first kappa shape index (κ1) is 22.6. The van der Waals surface area contributed by atoms with Crippen LogP contribution < -0.4 is 10.2 Å². The monoisotopic (exact) mass is 462 g/mol. The molecule has 0 aliphatic heterocycles. The van der Waals surface area contributed by atoms with Crippen LogP contribution in [0.1, 0.15) is 36.7 Å². The van der Waals surface area contributed by atoms with Gasteiger partial charge in [-0.1, -0.05) is 99.6 Å². The maximum absolute atomic E-state index is 13.4. The molecule has 0 fully saturated rings. The first-order chi connectivity index (χ1) is 16.8. The van der Waals surface area contributed by atoms with E-state index >= 15 is 0 Å². The van der Waals surface area contributed by atoms with Crippen LogP contribution in [0.4, 0.5) is 0 Å². The number of fused-ring (bicyclic) bond motifs is 2. The van der Waals surface area contributed by atoms with Gasteiger partial charge in [-0.2, -0.15) is 0 Å². The number of hydrogen-bond donors (Lipinski definition) is 0. The SMILES string of the molecule is CC(C)(C)c1ccc(-c2oc3ccccc3c(=O)c2OCC(=O)c2cccc3ccccc23)cc1. The number of benzene rings is 4. The van der Waals surface area contributed by atoms with E-state index in [9.17, 15) is 9.59 Å². The van der Waals surface area contributed by atoms with Crippen molar-refractivity contribution in [3.05, 3.63) is 112 Å². The Bertz CT molecular complexity index is 1600. The minimum absolute atomic E-state index is 0.00699. The molecule has 1 heterocycles. The minimum atomic E-state index is -0.299. The first-order valence-corrected chi connectivity index (χ1v) is 11.6. The standard InChI is InChI=1S/C31H26O4/c1-31(2,3)22-17-15-21(16-18-22)29-30(28(33)25-12-6-7-14-27(25)35-29)34-19-26(32)24-13-8-10-20-9-4-5-11-23(20)24/h4-18H,19H2,1-3H3. The van der Waals surface area contributed by atoms with Crippen LogP contribution in [-0.2, 0) is 5.41 Å². The highest BCUT2D eigenvalue weighted by Gasteiger charge is 2.21. The molecule has 0 unspecified atom stereocenters. The predicted molar refractivity (Wildman–Crippen MR) is 140 cm³/mol. The van der Waals surface area contributed by atoms with Gasteiger partial charge in [0.15, 0.2) is 12.4 Å². The highest BCUT2D eigenvalue weighted by molar-refractivity contribution is 6.08. The molecule has 0 aliphatic rings. The van der Waals surface area contributed by atoms with E-state index < -0.39 is 0 Å². The van der Waals surface area contributed by atoms with Crippen molar-refractivity contribution >= 4 is 27.5 Å². The van der Waals surface area contributed by atoms with Gasteiger partial charge in [0, 0.05) is 11.1 Å². The number of Topliss-reactive ketones (excluding diaryl/α,β-unsaturated/α-hetero) is 1. The van der Waals surface area contributed by atoms with E-state index in [1.54, 1.807) is 24.3 Å². The summed E-state index contributed by atoms with van der Waals surface area (Å²) in [6, 6.07) is 28.3. The summed E-state index contributed by atoms with van der Waals surface area (Å²) in [5.74, 6) is 0.157. The van der Waals surface area contributed by atoms with Crippen LogP contribution in [-0.4, -0.2) is 12.4 Å². The Morgan fingerprint density at radius 2 is 1.46 bits per heavy atom. The molecule has 0 N–H and O–H groups in total. The maximum atomic E-state index is 13.4. The Balaban J connectivity index is 1.55. The summed E-state index contributed by atoms with van der Waals surface area (Å²) in [4.78, 5) is 26.6. The van der Waals surface area contributed by atoms with Crippen molar-refractivity contribution in [1.82, 2.24) is 0 Å². The topological polar surface area (TPSA) is 56.5 Å². The van der Waals surface area contributed by atoms with E-state index in [0.29, 0.717) is 27.9 Å². The Morgan fingerprint density at radius 1 is 0.800 bits per heavy atom. The minimum Gasteiger partial charge on any atom is -0.478 e. The zero-order chi connectivity index (χ0) is 24.6. The Labute approximate surface area is 203 Å². The molecule has 0 spiro atoms. The largest absolute Gasteiger partial charge is 0.478 e. The lowest BCUT2D eigenvalue weighted by molar-refractivity contribution is 0.0922.